The molecule has 45 heavy (non-hydrogen) atoms. The molecule has 226 valence electrons. The number of fused-ring (bicyclic) bond motifs is 3. The maximum absolute atomic E-state index is 10.8. The van der Waals surface area contributed by atoms with Crippen molar-refractivity contribution in [2.24, 2.45) is 0 Å². The third-order valence-corrected chi connectivity index (χ3v) is 9.22. The van der Waals surface area contributed by atoms with Crippen LogP contribution >= 0.6 is 0 Å². The van der Waals surface area contributed by atoms with E-state index in [-0.39, 0.29) is 72.0 Å². The van der Waals surface area contributed by atoms with E-state index in [0.717, 1.165) is 33.4 Å². The van der Waals surface area contributed by atoms with Gasteiger partial charge in [0.2, 0.25) is 0 Å². The second kappa shape index (κ2) is 16.4. The zero-order chi connectivity index (χ0) is 30.5. The van der Waals surface area contributed by atoms with Crippen LogP contribution in [0.5, 0.6) is 11.5 Å². The Kier molecular flexibility index (Phi) is 13.8. The van der Waals surface area contributed by atoms with Crippen molar-refractivity contribution in [3.05, 3.63) is 119 Å². The van der Waals surface area contributed by atoms with Crippen molar-refractivity contribution < 1.29 is 94.5 Å². The summed E-state index contributed by atoms with van der Waals surface area (Å²) in [5.74, 6) is 0.507. The van der Waals surface area contributed by atoms with Gasteiger partial charge in [0.25, 0.3) is 0 Å². The summed E-state index contributed by atoms with van der Waals surface area (Å²) in [4.78, 5) is 0. The first-order chi connectivity index (χ1) is 20.6. The van der Waals surface area contributed by atoms with E-state index in [1.807, 2.05) is 72.8 Å². The maximum atomic E-state index is 10.8. The SMILES string of the molecule is O=S(=O)([O-])CCCCOc1ccc(C2(c3ccc(OCCCCS(=O)(=O)[O-])cc3)c3ccccc3-c3ccccc32)cc1.[Na+].[Na+]. The molecule has 1 aliphatic carbocycles. The first kappa shape index (κ1) is 37.8. The Morgan fingerprint density at radius 2 is 0.867 bits per heavy atom. The fourth-order valence-electron chi connectivity index (χ4n) is 5.77. The Labute approximate surface area is 309 Å². The summed E-state index contributed by atoms with van der Waals surface area (Å²) >= 11 is 0. The predicted molar refractivity (Wildman–Crippen MR) is 162 cm³/mol. The van der Waals surface area contributed by atoms with Gasteiger partial charge in [-0.2, -0.15) is 0 Å². The van der Waals surface area contributed by atoms with Crippen molar-refractivity contribution >= 4 is 20.2 Å². The summed E-state index contributed by atoms with van der Waals surface area (Å²) in [6.45, 7) is 0.611. The summed E-state index contributed by atoms with van der Waals surface area (Å²) in [6, 6.07) is 32.5. The molecule has 0 atom stereocenters. The average Bonchev–Trinajstić information content (AvgIpc) is 3.28. The molecular weight excluding hydrogens is 634 g/mol. The van der Waals surface area contributed by atoms with Crippen molar-refractivity contribution in [3.8, 4) is 22.6 Å². The molecule has 0 unspecified atom stereocenters. The van der Waals surface area contributed by atoms with Gasteiger partial charge in [-0.25, -0.2) is 16.8 Å². The van der Waals surface area contributed by atoms with Gasteiger partial charge in [-0.15, -0.1) is 0 Å². The molecule has 0 radical (unpaired) electrons. The average molecular weight is 667 g/mol. The summed E-state index contributed by atoms with van der Waals surface area (Å²) in [5, 5.41) is 0. The minimum absolute atomic E-state index is 0. The quantitative estimate of drug-likeness (QED) is 0.0878. The number of ether oxygens (including phenoxy) is 2. The van der Waals surface area contributed by atoms with Crippen molar-refractivity contribution in [2.45, 2.75) is 31.1 Å². The van der Waals surface area contributed by atoms with Crippen molar-refractivity contribution in [1.29, 1.82) is 0 Å². The minimum atomic E-state index is -4.23. The van der Waals surface area contributed by atoms with Gasteiger partial charge < -0.3 is 18.6 Å². The van der Waals surface area contributed by atoms with E-state index in [4.69, 9.17) is 9.47 Å². The molecule has 5 rings (SSSR count). The van der Waals surface area contributed by atoms with Crippen molar-refractivity contribution in [1.82, 2.24) is 0 Å². The molecule has 0 bridgehead atoms. The number of hydrogen-bond acceptors (Lipinski definition) is 8. The number of benzene rings is 4. The van der Waals surface area contributed by atoms with Gasteiger partial charge in [0, 0.05) is 11.5 Å². The summed E-state index contributed by atoms with van der Waals surface area (Å²) in [5.41, 5.74) is 6.08. The molecule has 4 aromatic carbocycles. The van der Waals surface area contributed by atoms with Gasteiger partial charge in [-0.1, -0.05) is 72.8 Å². The molecule has 1 aliphatic rings. The topological polar surface area (TPSA) is 133 Å². The van der Waals surface area contributed by atoms with Crippen LogP contribution in [-0.2, 0) is 25.7 Å². The van der Waals surface area contributed by atoms with E-state index >= 15 is 0 Å². The second-order valence-corrected chi connectivity index (χ2v) is 13.6. The smallest absolute Gasteiger partial charge is 0.748 e. The molecular formula is C33H32Na2O8S2. The maximum Gasteiger partial charge on any atom is 1.00 e. The number of rotatable bonds is 14. The minimum Gasteiger partial charge on any atom is -0.748 e. The van der Waals surface area contributed by atoms with Crippen LogP contribution in [-0.4, -0.2) is 50.7 Å². The van der Waals surface area contributed by atoms with Gasteiger partial charge in [-0.3, -0.25) is 0 Å². The Morgan fingerprint density at radius 1 is 0.511 bits per heavy atom. The standard InChI is InChI=1S/C33H34O8S2.2Na/c34-42(35,36)23-7-5-21-40-27-17-13-25(14-18-27)33(31-11-3-1-9-29(31)30-10-2-4-12-32(30)33)26-15-19-28(20-16-26)41-22-6-8-24-43(37,38)39;;/h1-4,9-20H,5-8,21-24H2,(H,34,35,36)(H,37,38,39);;/q;2*+1/p-2. The van der Waals surface area contributed by atoms with E-state index in [2.05, 4.69) is 24.3 Å². The largest absolute Gasteiger partial charge is 1.00 e. The Balaban J connectivity index is 0.00000276. The third kappa shape index (κ3) is 9.22. The van der Waals surface area contributed by atoms with Crippen molar-refractivity contribution in [2.75, 3.05) is 24.7 Å². The first-order valence-corrected chi connectivity index (χ1v) is 17.3. The van der Waals surface area contributed by atoms with Crippen molar-refractivity contribution in [3.63, 3.8) is 0 Å². The van der Waals surface area contributed by atoms with Crippen LogP contribution in [0.25, 0.3) is 11.1 Å². The Bertz CT molecular complexity index is 1640. The molecule has 0 amide bonds. The Morgan fingerprint density at radius 3 is 1.22 bits per heavy atom. The van der Waals surface area contributed by atoms with Gasteiger partial charge in [0.05, 0.1) is 38.9 Å². The normalized spacial score (nSPS) is 13.1. The van der Waals surface area contributed by atoms with Crippen LogP contribution in [0.15, 0.2) is 97.1 Å². The molecule has 0 N–H and O–H groups in total. The van der Waals surface area contributed by atoms with E-state index in [0.29, 0.717) is 37.6 Å². The van der Waals surface area contributed by atoms with Crippen LogP contribution < -0.4 is 68.6 Å². The number of unbranched alkanes of at least 4 members (excludes halogenated alkanes) is 2. The van der Waals surface area contributed by atoms with Crippen LogP contribution in [0.2, 0.25) is 0 Å². The fraction of sp³-hybridized carbons (Fsp3) is 0.273. The first-order valence-electron chi connectivity index (χ1n) is 14.1. The van der Waals surface area contributed by atoms with E-state index < -0.39 is 37.2 Å². The van der Waals surface area contributed by atoms with E-state index in [1.54, 1.807) is 0 Å². The Hall–Kier alpha value is -1.70. The van der Waals surface area contributed by atoms with Gasteiger partial charge in [-0.05, 0) is 83.3 Å². The zero-order valence-electron chi connectivity index (χ0n) is 25.5. The third-order valence-electron chi connectivity index (χ3n) is 7.64. The molecule has 0 spiro atoms. The molecule has 0 aromatic heterocycles. The molecule has 0 heterocycles. The number of hydrogen-bond donors (Lipinski definition) is 0. The molecule has 4 aromatic rings. The van der Waals surface area contributed by atoms with Crippen LogP contribution in [0.1, 0.15) is 47.9 Å². The monoisotopic (exact) mass is 666 g/mol. The van der Waals surface area contributed by atoms with Gasteiger partial charge in [0.1, 0.15) is 11.5 Å². The molecule has 8 nitrogen and oxygen atoms in total. The molecule has 0 fully saturated rings. The predicted octanol–water partition coefficient (Wildman–Crippen LogP) is -0.534. The fourth-order valence-corrected chi connectivity index (χ4v) is 6.88. The van der Waals surface area contributed by atoms with E-state index in [1.165, 1.54) is 0 Å². The van der Waals surface area contributed by atoms with Gasteiger partial charge in [0.15, 0.2) is 0 Å². The molecule has 12 heteroatoms. The van der Waals surface area contributed by atoms with Crippen LogP contribution in [0.4, 0.5) is 0 Å². The summed E-state index contributed by atoms with van der Waals surface area (Å²) in [7, 11) is -8.45. The van der Waals surface area contributed by atoms with Crippen LogP contribution in [0.3, 0.4) is 0 Å². The second-order valence-electron chi connectivity index (χ2n) is 10.5. The van der Waals surface area contributed by atoms with Gasteiger partial charge >= 0.3 is 59.1 Å². The van der Waals surface area contributed by atoms with Crippen LogP contribution in [0, 0.1) is 0 Å². The molecule has 0 saturated carbocycles. The summed E-state index contributed by atoms with van der Waals surface area (Å²) < 4.78 is 76.7. The summed E-state index contributed by atoms with van der Waals surface area (Å²) in [6.07, 6.45) is 1.42. The zero-order valence-corrected chi connectivity index (χ0v) is 31.1. The van der Waals surface area contributed by atoms with E-state index in [9.17, 15) is 25.9 Å². The molecule has 0 aliphatic heterocycles. The molecule has 0 saturated heterocycles.